The van der Waals surface area contributed by atoms with Gasteiger partial charge in [0.25, 0.3) is 5.91 Å². The highest BCUT2D eigenvalue weighted by Crippen LogP contribution is 2.18. The summed E-state index contributed by atoms with van der Waals surface area (Å²) >= 11 is 0. The maximum atomic E-state index is 12.5. The Hall–Kier alpha value is -2.67. The Morgan fingerprint density at radius 3 is 2.70 bits per heavy atom. The van der Waals surface area contributed by atoms with Crippen molar-refractivity contribution in [3.8, 4) is 6.07 Å². The van der Waals surface area contributed by atoms with E-state index < -0.39 is 0 Å². The molecule has 0 saturated heterocycles. The Kier molecular flexibility index (Phi) is 4.11. The molecule has 0 unspecified atom stereocenters. The number of aryl methyl sites for hydroxylation is 1. The monoisotopic (exact) mass is 265 g/mol. The van der Waals surface area contributed by atoms with Gasteiger partial charge in [0.05, 0.1) is 5.56 Å². The van der Waals surface area contributed by atoms with Crippen LogP contribution in [-0.4, -0.2) is 17.4 Å². The van der Waals surface area contributed by atoms with E-state index in [4.69, 9.17) is 5.26 Å². The fourth-order valence-electron chi connectivity index (χ4n) is 1.96. The van der Waals surface area contributed by atoms with Gasteiger partial charge in [0.15, 0.2) is 0 Å². The second-order valence-electron chi connectivity index (χ2n) is 4.43. The number of anilines is 1. The summed E-state index contributed by atoms with van der Waals surface area (Å²) < 4.78 is 0. The number of rotatable bonds is 3. The molecule has 0 saturated carbocycles. The van der Waals surface area contributed by atoms with Gasteiger partial charge in [-0.1, -0.05) is 12.1 Å². The Morgan fingerprint density at radius 1 is 1.35 bits per heavy atom. The molecular weight excluding hydrogens is 250 g/mol. The van der Waals surface area contributed by atoms with Crippen LogP contribution in [0.4, 0.5) is 5.69 Å². The molecule has 0 spiro atoms. The number of nitrogens with zero attached hydrogens (tertiary/aromatic N) is 3. The minimum absolute atomic E-state index is 0.164. The molecule has 0 aliphatic rings. The summed E-state index contributed by atoms with van der Waals surface area (Å²) in [6, 6.07) is 12.9. The highest BCUT2D eigenvalue weighted by atomic mass is 16.2. The van der Waals surface area contributed by atoms with Crippen molar-refractivity contribution in [3.63, 3.8) is 0 Å². The second kappa shape index (κ2) is 5.98. The van der Waals surface area contributed by atoms with Gasteiger partial charge < -0.3 is 4.90 Å². The standard InChI is InChI=1S/C16H15N3O/c1-3-19(14-6-4-5-12(2)9-14)16(20)15-8-7-13(10-17)11-18-15/h4-9,11H,3H2,1-2H3. The summed E-state index contributed by atoms with van der Waals surface area (Å²) in [5.41, 5.74) is 2.73. The smallest absolute Gasteiger partial charge is 0.276 e. The second-order valence-corrected chi connectivity index (χ2v) is 4.43. The first-order chi connectivity index (χ1) is 9.65. The minimum atomic E-state index is -0.164. The van der Waals surface area contributed by atoms with Gasteiger partial charge >= 0.3 is 0 Å². The van der Waals surface area contributed by atoms with E-state index in [1.165, 1.54) is 6.20 Å². The van der Waals surface area contributed by atoms with Crippen molar-refractivity contribution in [1.29, 1.82) is 5.26 Å². The van der Waals surface area contributed by atoms with Crippen LogP contribution in [0.15, 0.2) is 42.6 Å². The van der Waals surface area contributed by atoms with E-state index >= 15 is 0 Å². The molecule has 1 heterocycles. The summed E-state index contributed by atoms with van der Waals surface area (Å²) in [5, 5.41) is 8.75. The predicted molar refractivity (Wildman–Crippen MR) is 77.5 cm³/mol. The third-order valence-corrected chi connectivity index (χ3v) is 2.99. The molecule has 0 aliphatic carbocycles. The van der Waals surface area contributed by atoms with E-state index in [1.807, 2.05) is 44.2 Å². The number of benzene rings is 1. The average Bonchev–Trinajstić information content (AvgIpc) is 2.48. The Bertz CT molecular complexity index is 656. The lowest BCUT2D eigenvalue weighted by atomic mass is 10.2. The molecule has 4 heteroatoms. The lowest BCUT2D eigenvalue weighted by Crippen LogP contribution is -2.31. The molecule has 1 amide bonds. The predicted octanol–water partition coefficient (Wildman–Crippen LogP) is 2.93. The number of pyridine rings is 1. The van der Waals surface area contributed by atoms with Gasteiger partial charge in [0.1, 0.15) is 11.8 Å². The molecule has 0 radical (unpaired) electrons. The minimum Gasteiger partial charge on any atom is -0.307 e. The Morgan fingerprint density at radius 2 is 2.15 bits per heavy atom. The summed E-state index contributed by atoms with van der Waals surface area (Å²) in [6.45, 7) is 4.47. The largest absolute Gasteiger partial charge is 0.307 e. The third kappa shape index (κ3) is 2.83. The van der Waals surface area contributed by atoms with Crippen LogP contribution in [0.2, 0.25) is 0 Å². The zero-order valence-electron chi connectivity index (χ0n) is 11.5. The molecule has 0 aliphatic heterocycles. The molecule has 4 nitrogen and oxygen atoms in total. The summed E-state index contributed by atoms with van der Waals surface area (Å²) in [5.74, 6) is -0.164. The molecule has 0 N–H and O–H groups in total. The van der Waals surface area contributed by atoms with Crippen LogP contribution in [0.3, 0.4) is 0 Å². The van der Waals surface area contributed by atoms with Crippen molar-refractivity contribution >= 4 is 11.6 Å². The number of carbonyl (C=O) groups is 1. The molecular formula is C16H15N3O. The van der Waals surface area contributed by atoms with Crippen molar-refractivity contribution in [3.05, 3.63) is 59.4 Å². The first-order valence-electron chi connectivity index (χ1n) is 6.40. The van der Waals surface area contributed by atoms with Gasteiger partial charge in [0.2, 0.25) is 0 Å². The van der Waals surface area contributed by atoms with Crippen molar-refractivity contribution < 1.29 is 4.79 Å². The van der Waals surface area contributed by atoms with Crippen LogP contribution in [0.25, 0.3) is 0 Å². The number of hydrogen-bond acceptors (Lipinski definition) is 3. The molecule has 2 aromatic rings. The average molecular weight is 265 g/mol. The van der Waals surface area contributed by atoms with Crippen LogP contribution in [-0.2, 0) is 0 Å². The van der Waals surface area contributed by atoms with E-state index in [2.05, 4.69) is 4.98 Å². The maximum absolute atomic E-state index is 12.5. The molecule has 0 bridgehead atoms. The SMILES string of the molecule is CCN(C(=O)c1ccc(C#N)cn1)c1cccc(C)c1. The molecule has 0 fully saturated rings. The number of nitriles is 1. The van der Waals surface area contributed by atoms with Crippen LogP contribution in [0.1, 0.15) is 28.5 Å². The third-order valence-electron chi connectivity index (χ3n) is 2.99. The molecule has 20 heavy (non-hydrogen) atoms. The number of amides is 1. The zero-order chi connectivity index (χ0) is 14.5. The molecule has 100 valence electrons. The van der Waals surface area contributed by atoms with Gasteiger partial charge in [-0.3, -0.25) is 4.79 Å². The summed E-state index contributed by atoms with van der Waals surface area (Å²) in [6.07, 6.45) is 1.41. The van der Waals surface area contributed by atoms with Gasteiger partial charge in [-0.05, 0) is 43.7 Å². The molecule has 0 atom stereocenters. The fraction of sp³-hybridized carbons (Fsp3) is 0.188. The number of aromatic nitrogens is 1. The van der Waals surface area contributed by atoms with Crippen LogP contribution in [0.5, 0.6) is 0 Å². The van der Waals surface area contributed by atoms with E-state index in [1.54, 1.807) is 17.0 Å². The first-order valence-corrected chi connectivity index (χ1v) is 6.40. The fourth-order valence-corrected chi connectivity index (χ4v) is 1.96. The van der Waals surface area contributed by atoms with Gasteiger partial charge in [-0.2, -0.15) is 5.26 Å². The van der Waals surface area contributed by atoms with Crippen molar-refractivity contribution in [2.45, 2.75) is 13.8 Å². The van der Waals surface area contributed by atoms with E-state index in [-0.39, 0.29) is 5.91 Å². The lowest BCUT2D eigenvalue weighted by Gasteiger charge is -2.21. The van der Waals surface area contributed by atoms with Crippen LogP contribution in [0, 0.1) is 18.3 Å². The number of hydrogen-bond donors (Lipinski definition) is 0. The van der Waals surface area contributed by atoms with Crippen molar-refractivity contribution in [1.82, 2.24) is 4.98 Å². The van der Waals surface area contributed by atoms with Crippen molar-refractivity contribution in [2.75, 3.05) is 11.4 Å². The number of carbonyl (C=O) groups excluding carboxylic acids is 1. The highest BCUT2D eigenvalue weighted by molar-refractivity contribution is 6.04. The molecule has 1 aromatic carbocycles. The quantitative estimate of drug-likeness (QED) is 0.857. The summed E-state index contributed by atoms with van der Waals surface area (Å²) in [7, 11) is 0. The van der Waals surface area contributed by atoms with Crippen LogP contribution >= 0.6 is 0 Å². The lowest BCUT2D eigenvalue weighted by molar-refractivity contribution is 0.0983. The van der Waals surface area contributed by atoms with Gasteiger partial charge in [-0.15, -0.1) is 0 Å². The molecule has 1 aromatic heterocycles. The molecule has 2 rings (SSSR count). The highest BCUT2D eigenvalue weighted by Gasteiger charge is 2.17. The van der Waals surface area contributed by atoms with E-state index in [9.17, 15) is 4.79 Å². The van der Waals surface area contributed by atoms with Crippen molar-refractivity contribution in [2.24, 2.45) is 0 Å². The van der Waals surface area contributed by atoms with Crippen LogP contribution < -0.4 is 4.90 Å². The van der Waals surface area contributed by atoms with E-state index in [0.717, 1.165) is 11.3 Å². The van der Waals surface area contributed by atoms with Gasteiger partial charge in [0, 0.05) is 18.4 Å². The van der Waals surface area contributed by atoms with E-state index in [0.29, 0.717) is 17.8 Å². The topological polar surface area (TPSA) is 57.0 Å². The zero-order valence-corrected chi connectivity index (χ0v) is 11.5. The summed E-state index contributed by atoms with van der Waals surface area (Å²) in [4.78, 5) is 18.2. The van der Waals surface area contributed by atoms with Gasteiger partial charge in [-0.25, -0.2) is 4.98 Å². The normalized spacial score (nSPS) is 9.85. The Balaban J connectivity index is 2.31. The first kappa shape index (κ1) is 13.8. The maximum Gasteiger partial charge on any atom is 0.276 e. The Labute approximate surface area is 118 Å².